The molecule has 3 aliphatic rings. The van der Waals surface area contributed by atoms with Gasteiger partial charge in [0.05, 0.1) is 0 Å². The van der Waals surface area contributed by atoms with Gasteiger partial charge in [-0.15, -0.1) is 10.2 Å². The Hall–Kier alpha value is -1.43. The van der Waals surface area contributed by atoms with E-state index in [0.717, 1.165) is 50.6 Å². The van der Waals surface area contributed by atoms with Crippen LogP contribution in [0.4, 0.5) is 0 Å². The fourth-order valence-electron chi connectivity index (χ4n) is 4.30. The van der Waals surface area contributed by atoms with Gasteiger partial charge in [-0.1, -0.05) is 6.42 Å². The minimum Gasteiger partial charge on any atom is -0.334 e. The van der Waals surface area contributed by atoms with E-state index in [1.165, 1.54) is 19.3 Å². The number of nitrogens with zero attached hydrogens (tertiary/aromatic N) is 5. The van der Waals surface area contributed by atoms with Crippen LogP contribution in [0.25, 0.3) is 0 Å². The number of aromatic nitrogens is 3. The van der Waals surface area contributed by atoms with Gasteiger partial charge in [0, 0.05) is 32.1 Å². The van der Waals surface area contributed by atoms with Gasteiger partial charge in [0.2, 0.25) is 5.82 Å². The van der Waals surface area contributed by atoms with E-state index in [1.807, 2.05) is 4.90 Å². The standard InChI is InChI=1S/C17H27N5O/c1-20(2)14-11-21(10-13(14)12-7-8-12)17(23)16-19-18-15-6-4-3-5-9-22(15)16/h12-14H,3-11H2,1-2H3/t13-,14+/m1/s1. The first-order valence-corrected chi connectivity index (χ1v) is 9.03. The number of carbonyl (C=O) groups excluding carboxylic acids is 1. The Bertz CT molecular complexity index is 582. The molecule has 2 aliphatic heterocycles. The Labute approximate surface area is 137 Å². The maximum Gasteiger partial charge on any atom is 0.291 e. The lowest BCUT2D eigenvalue weighted by atomic mass is 9.97. The molecule has 6 nitrogen and oxygen atoms in total. The van der Waals surface area contributed by atoms with Crippen molar-refractivity contribution < 1.29 is 4.79 Å². The minimum atomic E-state index is 0.0839. The molecule has 0 unspecified atom stereocenters. The average molecular weight is 317 g/mol. The maximum absolute atomic E-state index is 13.0. The lowest BCUT2D eigenvalue weighted by molar-refractivity contribution is 0.0762. The van der Waals surface area contributed by atoms with Gasteiger partial charge in [-0.25, -0.2) is 0 Å². The predicted molar refractivity (Wildman–Crippen MR) is 87.2 cm³/mol. The first-order valence-electron chi connectivity index (χ1n) is 9.03. The lowest BCUT2D eigenvalue weighted by Gasteiger charge is -2.24. The third-order valence-corrected chi connectivity index (χ3v) is 5.81. The van der Waals surface area contributed by atoms with Crippen molar-refractivity contribution in [2.24, 2.45) is 11.8 Å². The number of rotatable bonds is 3. The molecule has 1 saturated heterocycles. The molecular weight excluding hydrogens is 290 g/mol. The van der Waals surface area contributed by atoms with E-state index >= 15 is 0 Å². The van der Waals surface area contributed by atoms with Crippen LogP contribution in [0.1, 0.15) is 48.5 Å². The van der Waals surface area contributed by atoms with Crippen LogP contribution in [0.2, 0.25) is 0 Å². The Balaban J connectivity index is 1.54. The molecule has 0 bridgehead atoms. The van der Waals surface area contributed by atoms with E-state index in [9.17, 15) is 4.79 Å². The van der Waals surface area contributed by atoms with Crippen molar-refractivity contribution in [3.05, 3.63) is 11.6 Å². The number of amides is 1. The van der Waals surface area contributed by atoms with E-state index in [2.05, 4.69) is 33.8 Å². The van der Waals surface area contributed by atoms with E-state index in [-0.39, 0.29) is 5.91 Å². The molecule has 6 heteroatoms. The summed E-state index contributed by atoms with van der Waals surface area (Å²) in [5.74, 6) is 3.08. The zero-order chi connectivity index (χ0) is 16.0. The molecule has 1 saturated carbocycles. The van der Waals surface area contributed by atoms with Crippen LogP contribution in [0, 0.1) is 11.8 Å². The summed E-state index contributed by atoms with van der Waals surface area (Å²) in [4.78, 5) is 17.3. The van der Waals surface area contributed by atoms with Gasteiger partial charge in [-0.2, -0.15) is 0 Å². The SMILES string of the molecule is CN(C)[C@H]1CN(C(=O)c2nnc3n2CCCCC3)C[C@@H]1C1CC1. The highest BCUT2D eigenvalue weighted by Crippen LogP contribution is 2.42. The number of fused-ring (bicyclic) bond motifs is 1. The zero-order valence-corrected chi connectivity index (χ0v) is 14.2. The minimum absolute atomic E-state index is 0.0839. The van der Waals surface area contributed by atoms with Crippen LogP contribution in [0.3, 0.4) is 0 Å². The summed E-state index contributed by atoms with van der Waals surface area (Å²) in [7, 11) is 4.27. The second-order valence-electron chi connectivity index (χ2n) is 7.64. The molecule has 0 aromatic carbocycles. The van der Waals surface area contributed by atoms with Crippen molar-refractivity contribution in [2.45, 2.75) is 51.1 Å². The summed E-state index contributed by atoms with van der Waals surface area (Å²) >= 11 is 0. The van der Waals surface area contributed by atoms with Crippen LogP contribution in [-0.2, 0) is 13.0 Å². The third kappa shape index (κ3) is 2.77. The molecule has 3 heterocycles. The molecule has 1 amide bonds. The van der Waals surface area contributed by atoms with Gasteiger partial charge in [-0.3, -0.25) is 4.79 Å². The average Bonchev–Trinajstić information content (AvgIpc) is 3.23. The number of aryl methyl sites for hydroxylation is 1. The fourth-order valence-corrected chi connectivity index (χ4v) is 4.30. The van der Waals surface area contributed by atoms with Crippen molar-refractivity contribution in [3.63, 3.8) is 0 Å². The summed E-state index contributed by atoms with van der Waals surface area (Å²) < 4.78 is 2.07. The van der Waals surface area contributed by atoms with Crippen molar-refractivity contribution >= 4 is 5.91 Å². The monoisotopic (exact) mass is 317 g/mol. The second kappa shape index (κ2) is 5.89. The molecule has 0 spiro atoms. The Morgan fingerprint density at radius 1 is 1.13 bits per heavy atom. The van der Waals surface area contributed by atoms with Crippen LogP contribution < -0.4 is 0 Å². The number of likely N-dealkylation sites (N-methyl/N-ethyl adjacent to an activating group) is 1. The van der Waals surface area contributed by atoms with Crippen molar-refractivity contribution in [1.82, 2.24) is 24.6 Å². The normalized spacial score (nSPS) is 28.0. The molecule has 1 aliphatic carbocycles. The molecule has 126 valence electrons. The summed E-state index contributed by atoms with van der Waals surface area (Å²) in [5, 5.41) is 8.53. The Morgan fingerprint density at radius 2 is 1.96 bits per heavy atom. The highest BCUT2D eigenvalue weighted by molar-refractivity contribution is 5.91. The first kappa shape index (κ1) is 15.1. The number of likely N-dealkylation sites (tertiary alicyclic amines) is 1. The fraction of sp³-hybridized carbons (Fsp3) is 0.824. The smallest absolute Gasteiger partial charge is 0.291 e. The number of carbonyl (C=O) groups is 1. The number of hydrogen-bond donors (Lipinski definition) is 0. The topological polar surface area (TPSA) is 54.3 Å². The zero-order valence-electron chi connectivity index (χ0n) is 14.2. The van der Waals surface area contributed by atoms with Gasteiger partial charge in [0.1, 0.15) is 5.82 Å². The molecule has 1 aromatic rings. The summed E-state index contributed by atoms with van der Waals surface area (Å²) in [6.45, 7) is 2.60. The van der Waals surface area contributed by atoms with Gasteiger partial charge in [0.25, 0.3) is 5.91 Å². The highest BCUT2D eigenvalue weighted by Gasteiger charge is 2.45. The highest BCUT2D eigenvalue weighted by atomic mass is 16.2. The molecule has 0 radical (unpaired) electrons. The van der Waals surface area contributed by atoms with Crippen LogP contribution in [0.5, 0.6) is 0 Å². The van der Waals surface area contributed by atoms with Crippen LogP contribution >= 0.6 is 0 Å². The lowest BCUT2D eigenvalue weighted by Crippen LogP contribution is -2.37. The predicted octanol–water partition coefficient (Wildman–Crippen LogP) is 1.42. The van der Waals surface area contributed by atoms with Crippen molar-refractivity contribution in [3.8, 4) is 0 Å². The molecule has 0 N–H and O–H groups in total. The third-order valence-electron chi connectivity index (χ3n) is 5.81. The molecule has 23 heavy (non-hydrogen) atoms. The second-order valence-corrected chi connectivity index (χ2v) is 7.64. The maximum atomic E-state index is 13.0. The van der Waals surface area contributed by atoms with Gasteiger partial charge >= 0.3 is 0 Å². The molecule has 2 fully saturated rings. The molecular formula is C17H27N5O. The van der Waals surface area contributed by atoms with Gasteiger partial charge < -0.3 is 14.4 Å². The van der Waals surface area contributed by atoms with Crippen LogP contribution in [0.15, 0.2) is 0 Å². The Kier molecular flexibility index (Phi) is 3.87. The van der Waals surface area contributed by atoms with Crippen molar-refractivity contribution in [1.29, 1.82) is 0 Å². The van der Waals surface area contributed by atoms with E-state index in [4.69, 9.17) is 0 Å². The van der Waals surface area contributed by atoms with Gasteiger partial charge in [0.15, 0.2) is 0 Å². The van der Waals surface area contributed by atoms with Gasteiger partial charge in [-0.05, 0) is 51.6 Å². The van der Waals surface area contributed by atoms with E-state index < -0.39 is 0 Å². The first-order chi connectivity index (χ1) is 11.1. The summed E-state index contributed by atoms with van der Waals surface area (Å²) in [5.41, 5.74) is 0. The van der Waals surface area contributed by atoms with Crippen molar-refractivity contribution in [2.75, 3.05) is 27.2 Å². The summed E-state index contributed by atoms with van der Waals surface area (Å²) in [6.07, 6.45) is 7.10. The molecule has 4 rings (SSSR count). The van der Waals surface area contributed by atoms with E-state index in [1.54, 1.807) is 0 Å². The van der Waals surface area contributed by atoms with Crippen LogP contribution in [-0.4, -0.2) is 63.7 Å². The number of hydrogen-bond acceptors (Lipinski definition) is 4. The molecule has 1 aromatic heterocycles. The quantitative estimate of drug-likeness (QED) is 0.846. The Morgan fingerprint density at radius 3 is 2.70 bits per heavy atom. The summed E-state index contributed by atoms with van der Waals surface area (Å²) in [6, 6.07) is 0.484. The largest absolute Gasteiger partial charge is 0.334 e. The van der Waals surface area contributed by atoms with E-state index in [0.29, 0.717) is 17.8 Å². The molecule has 2 atom stereocenters.